The summed E-state index contributed by atoms with van der Waals surface area (Å²) in [6.07, 6.45) is 0. The molecule has 6 heteroatoms. The van der Waals surface area contributed by atoms with Crippen molar-refractivity contribution >= 4 is 21.4 Å². The van der Waals surface area contributed by atoms with E-state index in [1.165, 1.54) is 7.05 Å². The van der Waals surface area contributed by atoms with Gasteiger partial charge in [0.2, 0.25) is 10.0 Å². The van der Waals surface area contributed by atoms with Crippen LogP contribution in [0.3, 0.4) is 0 Å². The topological polar surface area (TPSA) is 75.4 Å². The maximum Gasteiger partial charge on any atom is 0.242 e. The third-order valence-corrected chi connectivity index (χ3v) is 4.67. The van der Waals surface area contributed by atoms with Crippen molar-refractivity contribution in [1.29, 1.82) is 0 Å². The molecule has 2 rings (SSSR count). The highest BCUT2D eigenvalue weighted by molar-refractivity contribution is 7.89. The van der Waals surface area contributed by atoms with Crippen LogP contribution in [-0.4, -0.2) is 22.5 Å². The van der Waals surface area contributed by atoms with Crippen molar-refractivity contribution in [2.24, 2.45) is 0 Å². The molecule has 0 aromatic heterocycles. The zero-order valence-corrected chi connectivity index (χ0v) is 12.9. The van der Waals surface area contributed by atoms with Gasteiger partial charge in [-0.3, -0.25) is 0 Å². The van der Waals surface area contributed by atoms with E-state index < -0.39 is 10.0 Å². The van der Waals surface area contributed by atoms with Gasteiger partial charge in [0.05, 0.1) is 5.69 Å². The van der Waals surface area contributed by atoms with Gasteiger partial charge in [-0.05, 0) is 36.9 Å². The van der Waals surface area contributed by atoms with E-state index in [4.69, 9.17) is 5.73 Å². The van der Waals surface area contributed by atoms with Crippen LogP contribution in [0.15, 0.2) is 53.4 Å². The van der Waals surface area contributed by atoms with E-state index in [0.29, 0.717) is 17.9 Å². The number of nitrogen functional groups attached to an aromatic ring is 1. The molecule has 0 amide bonds. The molecule has 0 bridgehead atoms. The van der Waals surface area contributed by atoms with Crippen LogP contribution in [0, 0.1) is 0 Å². The number of nitrogens with two attached hydrogens (primary N) is 1. The Kier molecular flexibility index (Phi) is 4.50. The van der Waals surface area contributed by atoms with Crippen LogP contribution in [0.4, 0.5) is 11.4 Å². The minimum atomic E-state index is -3.49. The molecular weight excluding hydrogens is 286 g/mol. The maximum atomic E-state index is 12.1. The van der Waals surface area contributed by atoms with Gasteiger partial charge in [-0.2, -0.15) is 0 Å². The van der Waals surface area contributed by atoms with E-state index in [1.807, 2.05) is 42.3 Å². The lowest BCUT2D eigenvalue weighted by atomic mass is 10.2. The Labute approximate surface area is 125 Å². The van der Waals surface area contributed by atoms with Crippen LogP contribution >= 0.6 is 0 Å². The van der Waals surface area contributed by atoms with Crippen molar-refractivity contribution in [2.45, 2.75) is 11.4 Å². The average molecular weight is 305 g/mol. The normalized spacial score (nSPS) is 11.3. The first kappa shape index (κ1) is 15.3. The Morgan fingerprint density at radius 3 is 2.52 bits per heavy atom. The first-order valence-electron chi connectivity index (χ1n) is 6.52. The van der Waals surface area contributed by atoms with Crippen LogP contribution in [-0.2, 0) is 16.6 Å². The lowest BCUT2D eigenvalue weighted by Gasteiger charge is -2.22. The first-order valence-corrected chi connectivity index (χ1v) is 8.00. The Hall–Kier alpha value is -2.05. The van der Waals surface area contributed by atoms with Crippen molar-refractivity contribution in [3.63, 3.8) is 0 Å². The number of nitrogens with zero attached hydrogens (tertiary/aromatic N) is 1. The summed E-state index contributed by atoms with van der Waals surface area (Å²) in [7, 11) is -0.230. The molecule has 21 heavy (non-hydrogen) atoms. The number of para-hydroxylation sites is 1. The smallest absolute Gasteiger partial charge is 0.242 e. The summed E-state index contributed by atoms with van der Waals surface area (Å²) in [5.41, 5.74) is 8.13. The summed E-state index contributed by atoms with van der Waals surface area (Å²) in [6.45, 7) is 0.571. The number of hydrogen-bond acceptors (Lipinski definition) is 4. The molecule has 0 atom stereocenters. The molecule has 3 N–H and O–H groups in total. The number of benzene rings is 2. The van der Waals surface area contributed by atoms with Gasteiger partial charge in [0.25, 0.3) is 0 Å². The lowest BCUT2D eigenvalue weighted by molar-refractivity contribution is 0.588. The third kappa shape index (κ3) is 3.53. The fourth-order valence-corrected chi connectivity index (χ4v) is 3.14. The molecule has 2 aromatic carbocycles. The summed E-state index contributed by atoms with van der Waals surface area (Å²) in [6, 6.07) is 14.5. The average Bonchev–Trinajstić information content (AvgIpc) is 2.47. The number of anilines is 2. The van der Waals surface area contributed by atoms with Crippen LogP contribution < -0.4 is 15.4 Å². The molecule has 0 saturated carbocycles. The van der Waals surface area contributed by atoms with Crippen LogP contribution in [0.2, 0.25) is 0 Å². The van der Waals surface area contributed by atoms with Gasteiger partial charge in [0.1, 0.15) is 4.90 Å². The monoisotopic (exact) mass is 305 g/mol. The number of nitrogens with one attached hydrogen (secondary N) is 1. The molecule has 2 aromatic rings. The van der Waals surface area contributed by atoms with Crippen molar-refractivity contribution in [1.82, 2.24) is 4.72 Å². The highest BCUT2D eigenvalue weighted by atomic mass is 32.2. The fourth-order valence-electron chi connectivity index (χ4n) is 2.16. The van der Waals surface area contributed by atoms with Gasteiger partial charge in [-0.25, -0.2) is 13.1 Å². The van der Waals surface area contributed by atoms with E-state index in [1.54, 1.807) is 18.2 Å². The molecule has 0 heterocycles. The fraction of sp³-hybridized carbons (Fsp3) is 0.200. The summed E-state index contributed by atoms with van der Waals surface area (Å²) < 4.78 is 26.5. The SMILES string of the molecule is CNS(=O)(=O)c1ccccc1N(C)Cc1cccc(N)c1. The molecular formula is C15H19N3O2S. The van der Waals surface area contributed by atoms with Crippen molar-refractivity contribution in [3.05, 3.63) is 54.1 Å². The Morgan fingerprint density at radius 1 is 1.14 bits per heavy atom. The van der Waals surface area contributed by atoms with E-state index >= 15 is 0 Å². The molecule has 5 nitrogen and oxygen atoms in total. The largest absolute Gasteiger partial charge is 0.399 e. The van der Waals surface area contributed by atoms with Crippen molar-refractivity contribution in [2.75, 3.05) is 24.7 Å². The second-order valence-corrected chi connectivity index (χ2v) is 6.63. The minimum absolute atomic E-state index is 0.263. The highest BCUT2D eigenvalue weighted by Crippen LogP contribution is 2.25. The van der Waals surface area contributed by atoms with Gasteiger partial charge < -0.3 is 10.6 Å². The maximum absolute atomic E-state index is 12.1. The molecule has 0 fully saturated rings. The summed E-state index contributed by atoms with van der Waals surface area (Å²) in [4.78, 5) is 2.15. The van der Waals surface area contributed by atoms with Gasteiger partial charge in [0.15, 0.2) is 0 Å². The second kappa shape index (κ2) is 6.15. The summed E-state index contributed by atoms with van der Waals surface area (Å²) in [5, 5.41) is 0. The molecule has 0 aliphatic carbocycles. The molecule has 0 unspecified atom stereocenters. The Bertz CT molecular complexity index is 729. The first-order chi connectivity index (χ1) is 9.94. The highest BCUT2D eigenvalue weighted by Gasteiger charge is 2.18. The zero-order chi connectivity index (χ0) is 15.5. The lowest BCUT2D eigenvalue weighted by Crippen LogP contribution is -2.24. The van der Waals surface area contributed by atoms with Gasteiger partial charge in [-0.1, -0.05) is 24.3 Å². The number of rotatable bonds is 5. The van der Waals surface area contributed by atoms with E-state index in [0.717, 1.165) is 5.56 Å². The zero-order valence-electron chi connectivity index (χ0n) is 12.1. The van der Waals surface area contributed by atoms with Gasteiger partial charge in [-0.15, -0.1) is 0 Å². The molecule has 0 radical (unpaired) electrons. The molecule has 0 aliphatic rings. The predicted molar refractivity (Wildman–Crippen MR) is 85.6 cm³/mol. The molecule has 0 saturated heterocycles. The van der Waals surface area contributed by atoms with Gasteiger partial charge >= 0.3 is 0 Å². The van der Waals surface area contributed by atoms with Crippen LogP contribution in [0.25, 0.3) is 0 Å². The third-order valence-electron chi connectivity index (χ3n) is 3.21. The number of sulfonamides is 1. The van der Waals surface area contributed by atoms with Crippen LogP contribution in [0.5, 0.6) is 0 Å². The standard InChI is InChI=1S/C15H19N3O2S/c1-17-21(19,20)15-9-4-3-8-14(15)18(2)11-12-6-5-7-13(16)10-12/h3-10,17H,11,16H2,1-2H3. The predicted octanol–water partition coefficient (Wildman–Crippen LogP) is 1.81. The molecule has 112 valence electrons. The summed E-state index contributed by atoms with van der Waals surface area (Å²) >= 11 is 0. The second-order valence-electron chi connectivity index (χ2n) is 4.78. The van der Waals surface area contributed by atoms with Crippen molar-refractivity contribution in [3.8, 4) is 0 Å². The van der Waals surface area contributed by atoms with Gasteiger partial charge in [0, 0.05) is 19.3 Å². The molecule has 0 spiro atoms. The van der Waals surface area contributed by atoms with E-state index in [9.17, 15) is 8.42 Å². The van der Waals surface area contributed by atoms with E-state index in [2.05, 4.69) is 4.72 Å². The van der Waals surface area contributed by atoms with Crippen LogP contribution in [0.1, 0.15) is 5.56 Å². The van der Waals surface area contributed by atoms with Crippen molar-refractivity contribution < 1.29 is 8.42 Å². The summed E-state index contributed by atoms with van der Waals surface area (Å²) in [5.74, 6) is 0. The quantitative estimate of drug-likeness (QED) is 0.826. The Morgan fingerprint density at radius 2 is 1.86 bits per heavy atom. The minimum Gasteiger partial charge on any atom is -0.399 e. The molecule has 0 aliphatic heterocycles. The Balaban J connectivity index is 2.34. The van der Waals surface area contributed by atoms with E-state index in [-0.39, 0.29) is 4.90 Å². The number of hydrogen-bond donors (Lipinski definition) is 2.